The van der Waals surface area contributed by atoms with Crippen LogP contribution in [0.4, 0.5) is 5.69 Å². The minimum absolute atomic E-state index is 0.0107. The molecule has 2 aliphatic rings. The van der Waals surface area contributed by atoms with Crippen LogP contribution in [0.25, 0.3) is 0 Å². The highest BCUT2D eigenvalue weighted by Crippen LogP contribution is 2.44. The minimum atomic E-state index is -3.51. The lowest BCUT2D eigenvalue weighted by atomic mass is 9.67. The first-order chi connectivity index (χ1) is 11.4. The van der Waals surface area contributed by atoms with Crippen LogP contribution in [0.3, 0.4) is 0 Å². The van der Waals surface area contributed by atoms with Crippen LogP contribution in [0.5, 0.6) is 0 Å². The fourth-order valence-corrected chi connectivity index (χ4v) is 4.84. The van der Waals surface area contributed by atoms with Crippen molar-refractivity contribution in [3.8, 4) is 0 Å². The van der Waals surface area contributed by atoms with Crippen LogP contribution in [0, 0.1) is 11.3 Å². The molecule has 1 aromatic carbocycles. The largest absolute Gasteiger partial charge is 0.326 e. The number of hydrogen-bond acceptors (Lipinski definition) is 4. The Hall–Kier alpha value is -1.44. The molecule has 0 radical (unpaired) electrons. The first kappa shape index (κ1) is 17.4. The molecule has 1 aromatic rings. The van der Waals surface area contributed by atoms with E-state index in [1.54, 1.807) is 18.2 Å². The number of benzene rings is 1. The molecule has 24 heavy (non-hydrogen) atoms. The van der Waals surface area contributed by atoms with Gasteiger partial charge in [0, 0.05) is 26.3 Å². The quantitative estimate of drug-likeness (QED) is 0.865. The maximum atomic E-state index is 13.0. The number of hydrogen-bond donors (Lipinski definition) is 2. The maximum absolute atomic E-state index is 13.0. The third-order valence-corrected chi connectivity index (χ3v) is 7.17. The third-order valence-electron chi connectivity index (χ3n) is 5.36. The van der Waals surface area contributed by atoms with Gasteiger partial charge in [-0.3, -0.25) is 4.79 Å². The minimum Gasteiger partial charge on any atom is -0.326 e. The van der Waals surface area contributed by atoms with Gasteiger partial charge in [-0.15, -0.1) is 0 Å². The number of nitrogens with zero attached hydrogens (tertiary/aromatic N) is 1. The Bertz CT molecular complexity index is 732. The number of sulfonamides is 1. The van der Waals surface area contributed by atoms with Gasteiger partial charge in [0.25, 0.3) is 0 Å². The lowest BCUT2D eigenvalue weighted by molar-refractivity contribution is -0.128. The number of carbonyl (C=O) groups is 1. The van der Waals surface area contributed by atoms with E-state index >= 15 is 0 Å². The number of carbonyl (C=O) groups excluding carboxylic acids is 1. The summed E-state index contributed by atoms with van der Waals surface area (Å²) in [4.78, 5) is 13.1. The summed E-state index contributed by atoms with van der Waals surface area (Å²) in [6.07, 6.45) is 4.22. The zero-order valence-electron chi connectivity index (χ0n) is 14.2. The second-order valence-electron chi connectivity index (χ2n) is 7.00. The SMILES string of the molecule is CN(C)S(=O)(=O)c1cccc(NC(=O)[C@@]23CCCC[C@H]2CNC3)c1. The Morgan fingerprint density at radius 3 is 2.88 bits per heavy atom. The number of amides is 1. The highest BCUT2D eigenvalue weighted by Gasteiger charge is 2.49. The maximum Gasteiger partial charge on any atom is 0.242 e. The average molecular weight is 351 g/mol. The topological polar surface area (TPSA) is 78.5 Å². The molecular weight excluding hydrogens is 326 g/mol. The third kappa shape index (κ3) is 2.96. The van der Waals surface area contributed by atoms with Crippen LogP contribution in [0.15, 0.2) is 29.2 Å². The van der Waals surface area contributed by atoms with Crippen molar-refractivity contribution in [1.82, 2.24) is 9.62 Å². The molecule has 132 valence electrons. The van der Waals surface area contributed by atoms with Crippen LogP contribution in [0.1, 0.15) is 25.7 Å². The summed E-state index contributed by atoms with van der Waals surface area (Å²) >= 11 is 0. The normalized spacial score (nSPS) is 27.0. The van der Waals surface area contributed by atoms with Crippen molar-refractivity contribution in [2.24, 2.45) is 11.3 Å². The molecule has 3 rings (SSSR count). The molecule has 6 nitrogen and oxygen atoms in total. The Labute approximate surface area is 143 Å². The van der Waals surface area contributed by atoms with Crippen molar-refractivity contribution in [2.75, 3.05) is 32.5 Å². The van der Waals surface area contributed by atoms with Crippen molar-refractivity contribution < 1.29 is 13.2 Å². The summed E-state index contributed by atoms with van der Waals surface area (Å²) < 4.78 is 25.7. The Morgan fingerprint density at radius 1 is 1.33 bits per heavy atom. The molecular formula is C17H25N3O3S. The molecule has 1 saturated heterocycles. The van der Waals surface area contributed by atoms with Gasteiger partial charge in [-0.1, -0.05) is 18.9 Å². The Kier molecular flexibility index (Phi) is 4.68. The molecule has 1 aliphatic heterocycles. The monoisotopic (exact) mass is 351 g/mol. The van der Waals surface area contributed by atoms with E-state index < -0.39 is 10.0 Å². The molecule has 2 atom stereocenters. The number of fused-ring (bicyclic) bond motifs is 1. The van der Waals surface area contributed by atoms with E-state index in [0.717, 1.165) is 25.8 Å². The molecule has 2 fully saturated rings. The van der Waals surface area contributed by atoms with Gasteiger partial charge in [0.15, 0.2) is 0 Å². The van der Waals surface area contributed by atoms with E-state index in [0.29, 0.717) is 18.2 Å². The first-order valence-electron chi connectivity index (χ1n) is 8.41. The van der Waals surface area contributed by atoms with Crippen molar-refractivity contribution in [3.05, 3.63) is 24.3 Å². The lowest BCUT2D eigenvalue weighted by Gasteiger charge is -2.37. The Balaban J connectivity index is 1.83. The van der Waals surface area contributed by atoms with Crippen LogP contribution in [0.2, 0.25) is 0 Å². The lowest BCUT2D eigenvalue weighted by Crippen LogP contribution is -2.44. The van der Waals surface area contributed by atoms with Gasteiger partial charge < -0.3 is 10.6 Å². The molecule has 1 aliphatic carbocycles. The van der Waals surface area contributed by atoms with Crippen molar-refractivity contribution in [1.29, 1.82) is 0 Å². The number of anilines is 1. The Morgan fingerprint density at radius 2 is 2.12 bits per heavy atom. The highest BCUT2D eigenvalue weighted by molar-refractivity contribution is 7.89. The van der Waals surface area contributed by atoms with Gasteiger partial charge in [0.2, 0.25) is 15.9 Å². The van der Waals surface area contributed by atoms with E-state index in [1.807, 2.05) is 0 Å². The van der Waals surface area contributed by atoms with Gasteiger partial charge in [0.1, 0.15) is 0 Å². The van der Waals surface area contributed by atoms with E-state index in [4.69, 9.17) is 0 Å². The zero-order valence-corrected chi connectivity index (χ0v) is 15.0. The van der Waals surface area contributed by atoms with Crippen LogP contribution in [-0.4, -0.2) is 45.8 Å². The highest BCUT2D eigenvalue weighted by atomic mass is 32.2. The summed E-state index contributed by atoms with van der Waals surface area (Å²) in [5, 5.41) is 6.32. The van der Waals surface area contributed by atoms with E-state index in [-0.39, 0.29) is 16.2 Å². The molecule has 0 spiro atoms. The molecule has 1 amide bonds. The summed E-state index contributed by atoms with van der Waals surface area (Å²) in [5.41, 5.74) is 0.183. The smallest absolute Gasteiger partial charge is 0.242 e. The molecule has 0 unspecified atom stereocenters. The fraction of sp³-hybridized carbons (Fsp3) is 0.588. The molecule has 0 aromatic heterocycles. The standard InChI is InChI=1S/C17H25N3O3S/c1-20(2)24(22,23)15-8-5-7-14(10-15)19-16(21)17-9-4-3-6-13(17)11-18-12-17/h5,7-8,10,13,18H,3-4,6,9,11-12H2,1-2H3,(H,19,21)/t13-,17+/m0/s1. The summed E-state index contributed by atoms with van der Waals surface area (Å²) in [7, 11) is -0.517. The van der Waals surface area contributed by atoms with Crippen LogP contribution in [-0.2, 0) is 14.8 Å². The summed E-state index contributed by atoms with van der Waals surface area (Å²) in [5.74, 6) is 0.386. The fourth-order valence-electron chi connectivity index (χ4n) is 3.89. The zero-order chi connectivity index (χ0) is 17.4. The average Bonchev–Trinajstić information content (AvgIpc) is 3.00. The van der Waals surface area contributed by atoms with Crippen LogP contribution >= 0.6 is 0 Å². The van der Waals surface area contributed by atoms with Crippen molar-refractivity contribution in [3.63, 3.8) is 0 Å². The van der Waals surface area contributed by atoms with Crippen molar-refractivity contribution in [2.45, 2.75) is 30.6 Å². The first-order valence-corrected chi connectivity index (χ1v) is 9.85. The van der Waals surface area contributed by atoms with Gasteiger partial charge in [-0.05, 0) is 43.5 Å². The number of nitrogens with one attached hydrogen (secondary N) is 2. The predicted octanol–water partition coefficient (Wildman–Crippen LogP) is 1.66. The summed E-state index contributed by atoms with van der Waals surface area (Å²) in [6.45, 7) is 1.60. The van der Waals surface area contributed by atoms with Gasteiger partial charge in [-0.25, -0.2) is 12.7 Å². The molecule has 2 N–H and O–H groups in total. The van der Waals surface area contributed by atoms with Gasteiger partial charge in [-0.2, -0.15) is 0 Å². The van der Waals surface area contributed by atoms with Gasteiger partial charge in [0.05, 0.1) is 10.3 Å². The molecule has 0 bridgehead atoms. The van der Waals surface area contributed by atoms with Crippen LogP contribution < -0.4 is 10.6 Å². The molecule has 1 heterocycles. The van der Waals surface area contributed by atoms with Crippen molar-refractivity contribution >= 4 is 21.6 Å². The number of rotatable bonds is 4. The molecule has 7 heteroatoms. The van der Waals surface area contributed by atoms with E-state index in [2.05, 4.69) is 10.6 Å². The van der Waals surface area contributed by atoms with E-state index in [1.165, 1.54) is 30.9 Å². The predicted molar refractivity (Wildman–Crippen MR) is 93.2 cm³/mol. The summed E-state index contributed by atoms with van der Waals surface area (Å²) in [6, 6.07) is 6.48. The van der Waals surface area contributed by atoms with E-state index in [9.17, 15) is 13.2 Å². The second kappa shape index (κ2) is 6.46. The second-order valence-corrected chi connectivity index (χ2v) is 9.15. The molecule has 1 saturated carbocycles. The van der Waals surface area contributed by atoms with Gasteiger partial charge >= 0.3 is 0 Å².